The monoisotopic (exact) mass is 455 g/mol. The summed E-state index contributed by atoms with van der Waals surface area (Å²) in [5.41, 5.74) is 2.86. The molecule has 0 saturated carbocycles. The van der Waals surface area contributed by atoms with E-state index in [-0.39, 0.29) is 23.8 Å². The lowest BCUT2D eigenvalue weighted by molar-refractivity contribution is -0.386. The highest BCUT2D eigenvalue weighted by Gasteiger charge is 2.25. The third kappa shape index (κ3) is 5.07. The minimum absolute atomic E-state index is 0.130. The van der Waals surface area contributed by atoms with Crippen molar-refractivity contribution in [2.24, 2.45) is 0 Å². The van der Waals surface area contributed by atoms with Gasteiger partial charge in [-0.05, 0) is 52.9 Å². The summed E-state index contributed by atoms with van der Waals surface area (Å²) in [6, 6.07) is 26.8. The summed E-state index contributed by atoms with van der Waals surface area (Å²) < 4.78 is 11.0. The Morgan fingerprint density at radius 1 is 0.941 bits per heavy atom. The van der Waals surface area contributed by atoms with Crippen molar-refractivity contribution < 1.29 is 19.2 Å². The van der Waals surface area contributed by atoms with Crippen LogP contribution in [0, 0.1) is 10.1 Å². The molecule has 4 rings (SSSR count). The van der Waals surface area contributed by atoms with E-state index in [1.807, 2.05) is 85.8 Å². The fraction of sp³-hybridized carbons (Fsp3) is 0.179. The molecule has 4 aromatic carbocycles. The molecule has 4 aromatic rings. The average molecular weight is 456 g/mol. The van der Waals surface area contributed by atoms with Gasteiger partial charge in [0.25, 0.3) is 0 Å². The molecule has 1 atom stereocenters. The van der Waals surface area contributed by atoms with Crippen LogP contribution in [0.1, 0.15) is 30.6 Å². The van der Waals surface area contributed by atoms with E-state index in [1.54, 1.807) is 0 Å². The molecule has 0 radical (unpaired) electrons. The first kappa shape index (κ1) is 23.0. The molecule has 0 aliphatic rings. The Morgan fingerprint density at radius 3 is 2.35 bits per heavy atom. The predicted octanol–water partition coefficient (Wildman–Crippen LogP) is 6.66. The SMILES string of the molecule is COC(=O)CCc1cc(-c2ccc3ccccc3c2)c(OC(C)c2ccccc2)c([N+](=O)[O-])c1. The molecule has 0 saturated heterocycles. The van der Waals surface area contributed by atoms with Crippen LogP contribution in [0.5, 0.6) is 5.75 Å². The number of nitro benzene ring substituents is 1. The largest absolute Gasteiger partial charge is 0.478 e. The van der Waals surface area contributed by atoms with Crippen LogP contribution in [0.2, 0.25) is 0 Å². The molecule has 6 heteroatoms. The Morgan fingerprint density at radius 2 is 1.65 bits per heavy atom. The number of nitrogens with zero attached hydrogens (tertiary/aromatic N) is 1. The van der Waals surface area contributed by atoms with E-state index in [0.717, 1.165) is 21.9 Å². The maximum atomic E-state index is 12.1. The van der Waals surface area contributed by atoms with Crippen LogP contribution in [0.15, 0.2) is 84.9 Å². The molecule has 0 N–H and O–H groups in total. The summed E-state index contributed by atoms with van der Waals surface area (Å²) in [6.07, 6.45) is 0.0497. The highest BCUT2D eigenvalue weighted by Crippen LogP contribution is 2.42. The molecule has 0 aliphatic carbocycles. The first-order valence-corrected chi connectivity index (χ1v) is 11.0. The summed E-state index contributed by atoms with van der Waals surface area (Å²) >= 11 is 0. The number of carbonyl (C=O) groups is 1. The summed E-state index contributed by atoms with van der Waals surface area (Å²) in [7, 11) is 1.33. The van der Waals surface area contributed by atoms with E-state index in [1.165, 1.54) is 13.2 Å². The van der Waals surface area contributed by atoms with Crippen molar-refractivity contribution in [3.05, 3.63) is 106 Å². The summed E-state index contributed by atoms with van der Waals surface area (Å²) in [5.74, 6) is -0.161. The van der Waals surface area contributed by atoms with Crippen LogP contribution in [0.4, 0.5) is 5.69 Å². The standard InChI is InChI=1S/C28H25NO5/c1-19(21-8-4-3-5-9-21)34-28-25(24-14-13-22-10-6-7-11-23(22)18-24)16-20(12-15-27(30)33-2)17-26(28)29(31)32/h3-11,13-14,16-19H,12,15H2,1-2H3. The van der Waals surface area contributed by atoms with Crippen molar-refractivity contribution in [3.63, 3.8) is 0 Å². The lowest BCUT2D eigenvalue weighted by Crippen LogP contribution is -2.07. The minimum atomic E-state index is -0.431. The van der Waals surface area contributed by atoms with E-state index in [4.69, 9.17) is 9.47 Å². The van der Waals surface area contributed by atoms with E-state index in [2.05, 4.69) is 0 Å². The normalized spacial score (nSPS) is 11.7. The first-order valence-electron chi connectivity index (χ1n) is 11.0. The van der Waals surface area contributed by atoms with Crippen molar-refractivity contribution in [1.29, 1.82) is 0 Å². The Kier molecular flexibility index (Phi) is 6.87. The zero-order valence-electron chi connectivity index (χ0n) is 19.1. The molecule has 0 spiro atoms. The topological polar surface area (TPSA) is 78.7 Å². The van der Waals surface area contributed by atoms with Gasteiger partial charge in [0.15, 0.2) is 0 Å². The molecule has 34 heavy (non-hydrogen) atoms. The zero-order chi connectivity index (χ0) is 24.1. The smallest absolute Gasteiger partial charge is 0.311 e. The Bertz CT molecular complexity index is 1330. The van der Waals surface area contributed by atoms with Gasteiger partial charge in [0.1, 0.15) is 6.10 Å². The number of hydrogen-bond acceptors (Lipinski definition) is 5. The van der Waals surface area contributed by atoms with Crippen molar-refractivity contribution >= 4 is 22.4 Å². The number of ether oxygens (including phenoxy) is 2. The number of rotatable bonds is 8. The van der Waals surface area contributed by atoms with Crippen molar-refractivity contribution in [2.75, 3.05) is 7.11 Å². The molecule has 0 aliphatic heterocycles. The number of carbonyl (C=O) groups excluding carboxylic acids is 1. The molecular formula is C28H25NO5. The first-order chi connectivity index (χ1) is 16.5. The molecular weight excluding hydrogens is 430 g/mol. The highest BCUT2D eigenvalue weighted by molar-refractivity contribution is 5.89. The van der Waals surface area contributed by atoms with Crippen molar-refractivity contribution in [2.45, 2.75) is 25.9 Å². The van der Waals surface area contributed by atoms with Gasteiger partial charge < -0.3 is 9.47 Å². The third-order valence-corrected chi connectivity index (χ3v) is 5.80. The van der Waals surface area contributed by atoms with E-state index in [0.29, 0.717) is 17.5 Å². The molecule has 0 bridgehead atoms. The van der Waals surface area contributed by atoms with Gasteiger partial charge in [-0.15, -0.1) is 0 Å². The second-order valence-electron chi connectivity index (χ2n) is 8.06. The van der Waals surface area contributed by atoms with Gasteiger partial charge in [-0.2, -0.15) is 0 Å². The number of esters is 1. The lowest BCUT2D eigenvalue weighted by Gasteiger charge is -2.19. The Balaban J connectivity index is 1.85. The van der Waals surface area contributed by atoms with Crippen LogP contribution in [-0.2, 0) is 16.0 Å². The van der Waals surface area contributed by atoms with Crippen LogP contribution in [0.25, 0.3) is 21.9 Å². The van der Waals surface area contributed by atoms with Crippen LogP contribution in [-0.4, -0.2) is 18.0 Å². The maximum absolute atomic E-state index is 12.1. The fourth-order valence-electron chi connectivity index (χ4n) is 3.96. The quantitative estimate of drug-likeness (QED) is 0.169. The number of fused-ring (bicyclic) bond motifs is 1. The minimum Gasteiger partial charge on any atom is -0.478 e. The average Bonchev–Trinajstić information content (AvgIpc) is 2.87. The Labute approximate surface area is 197 Å². The number of methoxy groups -OCH3 is 1. The van der Waals surface area contributed by atoms with Gasteiger partial charge >= 0.3 is 11.7 Å². The van der Waals surface area contributed by atoms with Crippen LogP contribution in [0.3, 0.4) is 0 Å². The molecule has 1 unspecified atom stereocenters. The number of aryl methyl sites for hydroxylation is 1. The number of benzene rings is 4. The zero-order valence-corrected chi connectivity index (χ0v) is 19.1. The Hall–Kier alpha value is -4.19. The summed E-state index contributed by atoms with van der Waals surface area (Å²) in [5, 5.41) is 14.2. The lowest BCUT2D eigenvalue weighted by atomic mass is 9.96. The molecule has 6 nitrogen and oxygen atoms in total. The van der Waals surface area contributed by atoms with Gasteiger partial charge in [0.2, 0.25) is 5.75 Å². The van der Waals surface area contributed by atoms with Crippen LogP contribution >= 0.6 is 0 Å². The second-order valence-corrected chi connectivity index (χ2v) is 8.06. The molecule has 0 aromatic heterocycles. The third-order valence-electron chi connectivity index (χ3n) is 5.80. The van der Waals surface area contributed by atoms with Crippen molar-refractivity contribution in [1.82, 2.24) is 0 Å². The second kappa shape index (κ2) is 10.2. The summed E-state index contributed by atoms with van der Waals surface area (Å²) in [4.78, 5) is 23.4. The number of nitro groups is 1. The molecule has 172 valence electrons. The number of hydrogen-bond donors (Lipinski definition) is 0. The molecule has 0 heterocycles. The predicted molar refractivity (Wildman–Crippen MR) is 132 cm³/mol. The van der Waals surface area contributed by atoms with Gasteiger partial charge in [-0.1, -0.05) is 66.7 Å². The van der Waals surface area contributed by atoms with Gasteiger partial charge in [-0.3, -0.25) is 14.9 Å². The summed E-state index contributed by atoms with van der Waals surface area (Å²) in [6.45, 7) is 1.87. The van der Waals surface area contributed by atoms with Gasteiger partial charge in [0.05, 0.1) is 12.0 Å². The van der Waals surface area contributed by atoms with Crippen LogP contribution < -0.4 is 4.74 Å². The van der Waals surface area contributed by atoms with Gasteiger partial charge in [-0.25, -0.2) is 0 Å². The van der Waals surface area contributed by atoms with E-state index >= 15 is 0 Å². The maximum Gasteiger partial charge on any atom is 0.311 e. The molecule has 0 fully saturated rings. The van der Waals surface area contributed by atoms with Crippen molar-refractivity contribution in [3.8, 4) is 16.9 Å². The van der Waals surface area contributed by atoms with Gasteiger partial charge in [0, 0.05) is 18.1 Å². The molecule has 0 amide bonds. The highest BCUT2D eigenvalue weighted by atomic mass is 16.6. The van der Waals surface area contributed by atoms with E-state index < -0.39 is 11.0 Å². The van der Waals surface area contributed by atoms with E-state index in [9.17, 15) is 14.9 Å². The fourth-order valence-corrected chi connectivity index (χ4v) is 3.96.